The van der Waals surface area contributed by atoms with Gasteiger partial charge in [0.05, 0.1) is 17.2 Å². The van der Waals surface area contributed by atoms with Crippen molar-refractivity contribution in [3.05, 3.63) is 58.4 Å². The molecule has 0 unspecified atom stereocenters. The third-order valence-electron chi connectivity index (χ3n) is 3.37. The fourth-order valence-corrected chi connectivity index (χ4v) is 3.16. The molecular formula is C16H15NO3S. The number of aromatic amines is 1. The number of carbonyl (C=O) groups is 1. The van der Waals surface area contributed by atoms with E-state index in [2.05, 4.69) is 4.98 Å². The second-order valence-corrected chi connectivity index (χ2v) is 5.63. The summed E-state index contributed by atoms with van der Waals surface area (Å²) in [4.78, 5) is 16.0. The van der Waals surface area contributed by atoms with Crippen molar-refractivity contribution >= 4 is 28.2 Å². The Morgan fingerprint density at radius 3 is 2.81 bits per heavy atom. The Morgan fingerprint density at radius 1 is 1.33 bits per heavy atom. The molecule has 0 saturated carbocycles. The van der Waals surface area contributed by atoms with Gasteiger partial charge < -0.3 is 14.8 Å². The summed E-state index contributed by atoms with van der Waals surface area (Å²) >= 11 is 1.32. The molecule has 0 spiro atoms. The second kappa shape index (κ2) is 5.35. The van der Waals surface area contributed by atoms with Crippen molar-refractivity contribution in [2.24, 2.45) is 0 Å². The lowest BCUT2D eigenvalue weighted by Gasteiger charge is -2.23. The van der Waals surface area contributed by atoms with E-state index in [9.17, 15) is 9.90 Å². The van der Waals surface area contributed by atoms with Crippen LogP contribution in [-0.2, 0) is 15.1 Å². The summed E-state index contributed by atoms with van der Waals surface area (Å²) in [6, 6.07) is 13.0. The minimum Gasteiger partial charge on any atom is -0.463 e. The molecule has 1 aromatic carbocycles. The maximum absolute atomic E-state index is 12.4. The zero-order valence-corrected chi connectivity index (χ0v) is 12.3. The second-order valence-electron chi connectivity index (χ2n) is 4.68. The molecule has 0 radical (unpaired) electrons. The van der Waals surface area contributed by atoms with Crippen molar-refractivity contribution < 1.29 is 14.6 Å². The van der Waals surface area contributed by atoms with Gasteiger partial charge in [-0.05, 0) is 35.9 Å². The third kappa shape index (κ3) is 2.24. The van der Waals surface area contributed by atoms with Crippen molar-refractivity contribution in [3.8, 4) is 0 Å². The Hall–Kier alpha value is -2.11. The fraction of sp³-hybridized carbons (Fsp3) is 0.188. The number of aromatic nitrogens is 1. The number of hydrogen-bond acceptors (Lipinski definition) is 4. The van der Waals surface area contributed by atoms with Gasteiger partial charge in [0.1, 0.15) is 0 Å². The predicted molar refractivity (Wildman–Crippen MR) is 82.2 cm³/mol. The first-order valence-corrected chi connectivity index (χ1v) is 7.56. The van der Waals surface area contributed by atoms with Gasteiger partial charge in [0, 0.05) is 5.52 Å². The van der Waals surface area contributed by atoms with Gasteiger partial charge in [0.15, 0.2) is 0 Å². The van der Waals surface area contributed by atoms with Gasteiger partial charge >= 0.3 is 5.97 Å². The largest absolute Gasteiger partial charge is 0.463 e. The highest BCUT2D eigenvalue weighted by Crippen LogP contribution is 2.35. The maximum Gasteiger partial charge on any atom is 0.350 e. The first-order valence-electron chi connectivity index (χ1n) is 6.68. The summed E-state index contributed by atoms with van der Waals surface area (Å²) in [7, 11) is 0. The number of rotatable bonds is 4. The highest BCUT2D eigenvalue weighted by atomic mass is 32.1. The molecule has 0 bridgehead atoms. The van der Waals surface area contributed by atoms with E-state index >= 15 is 0 Å². The van der Waals surface area contributed by atoms with Crippen LogP contribution < -0.4 is 0 Å². The number of ether oxygens (including phenoxy) is 1. The summed E-state index contributed by atoms with van der Waals surface area (Å²) in [6.45, 7) is 1.94. The lowest BCUT2D eigenvalue weighted by Crippen LogP contribution is -2.38. The first kappa shape index (κ1) is 13.9. The number of hydrogen-bond donors (Lipinski definition) is 2. The SMILES string of the molecule is CCOC(=O)[C@](O)(c1cc2ccccc2[nH]1)c1cccs1. The van der Waals surface area contributed by atoms with Crippen molar-refractivity contribution in [3.63, 3.8) is 0 Å². The van der Waals surface area contributed by atoms with E-state index in [4.69, 9.17) is 4.74 Å². The van der Waals surface area contributed by atoms with Gasteiger partial charge in [-0.3, -0.25) is 0 Å². The molecule has 3 rings (SSSR count). The molecule has 5 heteroatoms. The molecule has 0 saturated heterocycles. The Balaban J connectivity index is 2.17. The Kier molecular flexibility index (Phi) is 3.53. The van der Waals surface area contributed by atoms with Crippen LogP contribution in [0.3, 0.4) is 0 Å². The molecule has 3 aromatic rings. The van der Waals surface area contributed by atoms with Crippen molar-refractivity contribution in [1.29, 1.82) is 0 Å². The molecule has 2 aromatic heterocycles. The monoisotopic (exact) mass is 301 g/mol. The van der Waals surface area contributed by atoms with Crippen molar-refractivity contribution in [2.75, 3.05) is 6.61 Å². The summed E-state index contributed by atoms with van der Waals surface area (Å²) in [5, 5.41) is 13.8. The van der Waals surface area contributed by atoms with Gasteiger partial charge in [-0.15, -0.1) is 11.3 Å². The number of para-hydroxylation sites is 1. The van der Waals surface area contributed by atoms with Crippen molar-refractivity contribution in [1.82, 2.24) is 4.98 Å². The minimum atomic E-state index is -1.80. The van der Waals surface area contributed by atoms with Crippen LogP contribution in [0.4, 0.5) is 0 Å². The molecule has 0 aliphatic heterocycles. The lowest BCUT2D eigenvalue weighted by molar-refractivity contribution is -0.161. The average molecular weight is 301 g/mol. The summed E-state index contributed by atoms with van der Waals surface area (Å²) in [5.41, 5.74) is -0.514. The molecule has 108 valence electrons. The van der Waals surface area contributed by atoms with Crippen LogP contribution in [-0.4, -0.2) is 22.7 Å². The topological polar surface area (TPSA) is 62.3 Å². The molecule has 0 amide bonds. The van der Waals surface area contributed by atoms with Crippen LogP contribution >= 0.6 is 11.3 Å². The van der Waals surface area contributed by atoms with Crippen LogP contribution in [0.5, 0.6) is 0 Å². The van der Waals surface area contributed by atoms with Crippen LogP contribution in [0.15, 0.2) is 47.8 Å². The maximum atomic E-state index is 12.4. The standard InChI is InChI=1S/C16H15NO3S/c1-2-20-15(18)16(19,14-8-5-9-21-14)13-10-11-6-3-4-7-12(11)17-13/h3-10,17,19H,2H2,1H3/t16-/m0/s1. The van der Waals surface area contributed by atoms with E-state index in [1.807, 2.05) is 29.6 Å². The van der Waals surface area contributed by atoms with Gasteiger partial charge in [0.2, 0.25) is 5.60 Å². The summed E-state index contributed by atoms with van der Waals surface area (Å²) < 4.78 is 5.08. The van der Waals surface area contributed by atoms with Gasteiger partial charge in [-0.1, -0.05) is 24.3 Å². The molecule has 0 fully saturated rings. The van der Waals surface area contributed by atoms with Gasteiger partial charge in [0.25, 0.3) is 0 Å². The summed E-state index contributed by atoms with van der Waals surface area (Å²) in [5.74, 6) is -0.668. The number of H-pyrrole nitrogens is 1. The molecular weight excluding hydrogens is 286 g/mol. The normalized spacial score (nSPS) is 14.0. The number of aliphatic hydroxyl groups is 1. The number of fused-ring (bicyclic) bond motifs is 1. The molecule has 2 heterocycles. The van der Waals surface area contributed by atoms with E-state index < -0.39 is 11.6 Å². The van der Waals surface area contributed by atoms with Crippen LogP contribution in [0.1, 0.15) is 17.5 Å². The summed E-state index contributed by atoms with van der Waals surface area (Å²) in [6.07, 6.45) is 0. The highest BCUT2D eigenvalue weighted by molar-refractivity contribution is 7.10. The van der Waals surface area contributed by atoms with E-state index in [0.717, 1.165) is 10.9 Å². The van der Waals surface area contributed by atoms with E-state index in [0.29, 0.717) is 10.6 Å². The molecule has 21 heavy (non-hydrogen) atoms. The van der Waals surface area contributed by atoms with E-state index in [1.54, 1.807) is 25.1 Å². The highest BCUT2D eigenvalue weighted by Gasteiger charge is 2.44. The number of benzene rings is 1. The molecule has 2 N–H and O–H groups in total. The van der Waals surface area contributed by atoms with Gasteiger partial charge in [-0.25, -0.2) is 4.79 Å². The minimum absolute atomic E-state index is 0.215. The molecule has 0 aliphatic carbocycles. The Bertz CT molecular complexity index is 730. The number of nitrogens with one attached hydrogen (secondary N) is 1. The predicted octanol–water partition coefficient (Wildman–Crippen LogP) is 3.03. The number of thiophene rings is 1. The lowest BCUT2D eigenvalue weighted by atomic mass is 9.97. The van der Waals surface area contributed by atoms with Crippen molar-refractivity contribution in [2.45, 2.75) is 12.5 Å². The smallest absolute Gasteiger partial charge is 0.350 e. The molecule has 1 atom stereocenters. The zero-order chi connectivity index (χ0) is 14.9. The number of esters is 1. The van der Waals surface area contributed by atoms with Crippen LogP contribution in [0.25, 0.3) is 10.9 Å². The average Bonchev–Trinajstić information content (AvgIpc) is 3.16. The quantitative estimate of drug-likeness (QED) is 0.728. The zero-order valence-electron chi connectivity index (χ0n) is 11.5. The molecule has 4 nitrogen and oxygen atoms in total. The Labute approximate surface area is 126 Å². The first-order chi connectivity index (χ1) is 10.2. The van der Waals surface area contributed by atoms with Crippen LogP contribution in [0.2, 0.25) is 0 Å². The van der Waals surface area contributed by atoms with Gasteiger partial charge in [-0.2, -0.15) is 0 Å². The number of carbonyl (C=O) groups excluding carboxylic acids is 1. The Morgan fingerprint density at radius 2 is 2.14 bits per heavy atom. The van der Waals surface area contributed by atoms with E-state index in [-0.39, 0.29) is 6.61 Å². The van der Waals surface area contributed by atoms with Crippen LogP contribution in [0, 0.1) is 0 Å². The molecule has 0 aliphatic rings. The third-order valence-corrected chi connectivity index (χ3v) is 4.35. The van der Waals surface area contributed by atoms with E-state index in [1.165, 1.54) is 11.3 Å². The fourth-order valence-electron chi connectivity index (χ4n) is 2.33.